The van der Waals surface area contributed by atoms with Gasteiger partial charge in [-0.3, -0.25) is 10.2 Å². The van der Waals surface area contributed by atoms with Crippen molar-refractivity contribution in [2.75, 3.05) is 5.32 Å². The van der Waals surface area contributed by atoms with Gasteiger partial charge in [-0.15, -0.1) is 0 Å². The number of halogens is 2. The molecule has 7 heteroatoms. The van der Waals surface area contributed by atoms with Crippen LogP contribution in [0, 0.1) is 5.41 Å². The Morgan fingerprint density at radius 3 is 2.42 bits per heavy atom. The van der Waals surface area contributed by atoms with Gasteiger partial charge < -0.3 is 5.32 Å². The van der Waals surface area contributed by atoms with Crippen molar-refractivity contribution < 1.29 is 9.59 Å². The number of hydrogen-bond donors (Lipinski definition) is 3. The molecule has 0 unspecified atom stereocenters. The quantitative estimate of drug-likeness (QED) is 0.569. The first-order chi connectivity index (χ1) is 8.91. The molecule has 1 aliphatic carbocycles. The van der Waals surface area contributed by atoms with Crippen LogP contribution in [0.5, 0.6) is 0 Å². The zero-order chi connectivity index (χ0) is 14.0. The Labute approximate surface area is 124 Å². The molecule has 1 fully saturated rings. The minimum Gasteiger partial charge on any atom is -0.307 e. The van der Waals surface area contributed by atoms with Crippen LogP contribution in [0.3, 0.4) is 0 Å². The molecule has 0 saturated heterocycles. The summed E-state index contributed by atoms with van der Waals surface area (Å²) in [6.45, 7) is 1.83. The van der Waals surface area contributed by atoms with Gasteiger partial charge in [0.05, 0.1) is 5.41 Å². The molecule has 102 valence electrons. The maximum atomic E-state index is 11.7. The number of urea groups is 1. The highest BCUT2D eigenvalue weighted by molar-refractivity contribution is 9.09. The number of carbonyl (C=O) groups excluding carboxylic acids is 2. The second-order valence-electron chi connectivity index (χ2n) is 4.63. The van der Waals surface area contributed by atoms with E-state index in [9.17, 15) is 9.59 Å². The van der Waals surface area contributed by atoms with E-state index in [4.69, 9.17) is 11.6 Å². The van der Waals surface area contributed by atoms with E-state index in [-0.39, 0.29) is 10.7 Å². The zero-order valence-corrected chi connectivity index (χ0v) is 12.5. The lowest BCUT2D eigenvalue weighted by atomic mass is 10.1. The highest BCUT2D eigenvalue weighted by Crippen LogP contribution is 2.51. The Balaban J connectivity index is 1.79. The second kappa shape index (κ2) is 5.38. The van der Waals surface area contributed by atoms with E-state index in [1.165, 1.54) is 0 Å². The molecule has 2 rings (SSSR count). The number of benzene rings is 1. The molecule has 0 heterocycles. The zero-order valence-electron chi connectivity index (χ0n) is 10.2. The maximum Gasteiger partial charge on any atom is 0.337 e. The van der Waals surface area contributed by atoms with Gasteiger partial charge in [-0.25, -0.2) is 10.2 Å². The Morgan fingerprint density at radius 1 is 1.32 bits per heavy atom. The first-order valence-corrected chi connectivity index (χ1v) is 6.98. The third-order valence-electron chi connectivity index (χ3n) is 3.04. The van der Waals surface area contributed by atoms with Gasteiger partial charge in [0.25, 0.3) is 0 Å². The molecule has 3 amide bonds. The highest BCUT2D eigenvalue weighted by Gasteiger charge is 2.54. The summed E-state index contributed by atoms with van der Waals surface area (Å²) in [4.78, 5) is 23.5. The molecule has 19 heavy (non-hydrogen) atoms. The molecule has 0 aliphatic heterocycles. The molecule has 2 atom stereocenters. The van der Waals surface area contributed by atoms with Crippen molar-refractivity contribution >= 4 is 45.2 Å². The lowest BCUT2D eigenvalue weighted by Gasteiger charge is -2.12. The van der Waals surface area contributed by atoms with Crippen molar-refractivity contribution in [1.82, 2.24) is 10.9 Å². The van der Waals surface area contributed by atoms with Crippen LogP contribution in [0.4, 0.5) is 10.5 Å². The Morgan fingerprint density at radius 2 is 1.89 bits per heavy atom. The SMILES string of the molecule is C[C@@]1(C(=O)NNC(=O)Nc2ccc(Cl)cc2)C[C@@H]1Br. The monoisotopic (exact) mass is 345 g/mol. The molecule has 1 saturated carbocycles. The van der Waals surface area contributed by atoms with Gasteiger partial charge in [-0.05, 0) is 37.6 Å². The molecule has 1 aromatic rings. The van der Waals surface area contributed by atoms with Gasteiger partial charge in [0, 0.05) is 15.5 Å². The summed E-state index contributed by atoms with van der Waals surface area (Å²) in [6.07, 6.45) is 0.763. The topological polar surface area (TPSA) is 70.2 Å². The highest BCUT2D eigenvalue weighted by atomic mass is 79.9. The molecule has 3 N–H and O–H groups in total. The number of hydrogen-bond acceptors (Lipinski definition) is 2. The van der Waals surface area contributed by atoms with E-state index >= 15 is 0 Å². The average molecular weight is 347 g/mol. The second-order valence-corrected chi connectivity index (χ2v) is 6.17. The number of amides is 3. The molecule has 1 aromatic carbocycles. The largest absolute Gasteiger partial charge is 0.337 e. The van der Waals surface area contributed by atoms with Crippen LogP contribution in [-0.4, -0.2) is 16.8 Å². The summed E-state index contributed by atoms with van der Waals surface area (Å²) in [5.74, 6) is -0.208. The van der Waals surface area contributed by atoms with Crippen LogP contribution < -0.4 is 16.2 Å². The number of hydrazine groups is 1. The molecular weight excluding hydrogens is 334 g/mol. The molecule has 0 radical (unpaired) electrons. The fraction of sp³-hybridized carbons (Fsp3) is 0.333. The van der Waals surface area contributed by atoms with Crippen molar-refractivity contribution in [3.05, 3.63) is 29.3 Å². The molecule has 0 bridgehead atoms. The van der Waals surface area contributed by atoms with Crippen molar-refractivity contribution in [2.45, 2.75) is 18.2 Å². The average Bonchev–Trinajstić information content (AvgIpc) is 2.99. The van der Waals surface area contributed by atoms with Crippen molar-refractivity contribution in [3.63, 3.8) is 0 Å². The first-order valence-electron chi connectivity index (χ1n) is 5.69. The van der Waals surface area contributed by atoms with E-state index < -0.39 is 11.4 Å². The Hall–Kier alpha value is -1.27. The van der Waals surface area contributed by atoms with Crippen LogP contribution in [-0.2, 0) is 4.79 Å². The Kier molecular flexibility index (Phi) is 4.01. The van der Waals surface area contributed by atoms with Gasteiger partial charge in [0.1, 0.15) is 0 Å². The van der Waals surface area contributed by atoms with Crippen LogP contribution in [0.25, 0.3) is 0 Å². The fourth-order valence-electron chi connectivity index (χ4n) is 1.50. The number of rotatable bonds is 2. The summed E-state index contributed by atoms with van der Waals surface area (Å²) in [7, 11) is 0. The third kappa shape index (κ3) is 3.39. The summed E-state index contributed by atoms with van der Waals surface area (Å²) in [6, 6.07) is 6.15. The van der Waals surface area contributed by atoms with E-state index in [1.807, 2.05) is 6.92 Å². The lowest BCUT2D eigenvalue weighted by Crippen LogP contribution is -2.46. The fourth-order valence-corrected chi connectivity index (χ4v) is 2.51. The van der Waals surface area contributed by atoms with Gasteiger partial charge in [0.15, 0.2) is 0 Å². The predicted molar refractivity (Wildman–Crippen MR) is 77.2 cm³/mol. The molecule has 0 spiro atoms. The van der Waals surface area contributed by atoms with E-state index in [1.54, 1.807) is 24.3 Å². The third-order valence-corrected chi connectivity index (χ3v) is 4.63. The summed E-state index contributed by atoms with van der Waals surface area (Å²) >= 11 is 9.10. The summed E-state index contributed by atoms with van der Waals surface area (Å²) < 4.78 is 0. The minimum absolute atomic E-state index is 0.168. The van der Waals surface area contributed by atoms with Gasteiger partial charge >= 0.3 is 6.03 Å². The molecule has 1 aliphatic rings. The number of alkyl halides is 1. The van der Waals surface area contributed by atoms with Gasteiger partial charge in [-0.1, -0.05) is 27.5 Å². The van der Waals surface area contributed by atoms with E-state index in [2.05, 4.69) is 32.1 Å². The Bertz CT molecular complexity index is 508. The van der Waals surface area contributed by atoms with Crippen LogP contribution in [0.15, 0.2) is 24.3 Å². The van der Waals surface area contributed by atoms with Crippen molar-refractivity contribution in [1.29, 1.82) is 0 Å². The molecule has 0 aromatic heterocycles. The van der Waals surface area contributed by atoms with Crippen molar-refractivity contribution in [2.24, 2.45) is 5.41 Å². The van der Waals surface area contributed by atoms with Crippen LogP contribution >= 0.6 is 27.5 Å². The van der Waals surface area contributed by atoms with Crippen LogP contribution in [0.2, 0.25) is 5.02 Å². The number of anilines is 1. The minimum atomic E-state index is -0.508. The molecular formula is C12H13BrClN3O2. The number of nitrogens with one attached hydrogen (secondary N) is 3. The van der Waals surface area contributed by atoms with Gasteiger partial charge in [0.2, 0.25) is 5.91 Å². The normalized spacial score (nSPS) is 24.5. The van der Waals surface area contributed by atoms with E-state index in [0.29, 0.717) is 10.7 Å². The van der Waals surface area contributed by atoms with E-state index in [0.717, 1.165) is 6.42 Å². The molecule has 5 nitrogen and oxygen atoms in total. The number of carbonyl (C=O) groups is 2. The summed E-state index contributed by atoms with van der Waals surface area (Å²) in [5.41, 5.74) is 4.85. The standard InChI is InChI=1S/C12H13BrClN3O2/c1-12(6-9(12)13)10(18)16-17-11(19)15-8-4-2-7(14)3-5-8/h2-5,9H,6H2,1H3,(H,16,18)(H2,15,17,19)/t9-,12+/m0/s1. The maximum absolute atomic E-state index is 11.7. The first kappa shape index (κ1) is 14.1. The van der Waals surface area contributed by atoms with Crippen LogP contribution in [0.1, 0.15) is 13.3 Å². The lowest BCUT2D eigenvalue weighted by molar-refractivity contribution is -0.126. The smallest absolute Gasteiger partial charge is 0.307 e. The van der Waals surface area contributed by atoms with Gasteiger partial charge in [-0.2, -0.15) is 0 Å². The predicted octanol–water partition coefficient (Wildman–Crippen LogP) is 2.67. The summed E-state index contributed by atoms with van der Waals surface area (Å²) in [5, 5.41) is 3.16. The van der Waals surface area contributed by atoms with Crippen molar-refractivity contribution in [3.8, 4) is 0 Å².